The van der Waals surface area contributed by atoms with Crippen molar-refractivity contribution < 1.29 is 27.8 Å². The molecule has 1 aliphatic heterocycles. The van der Waals surface area contributed by atoms with Gasteiger partial charge in [-0.05, 0) is 18.2 Å². The number of benzene rings is 1. The minimum Gasteiger partial charge on any atom is -0.396 e. The van der Waals surface area contributed by atoms with Gasteiger partial charge in [-0.1, -0.05) is 0 Å². The highest BCUT2D eigenvalue weighted by Crippen LogP contribution is 2.37. The van der Waals surface area contributed by atoms with Crippen molar-refractivity contribution >= 4 is 17.3 Å². The van der Waals surface area contributed by atoms with E-state index < -0.39 is 23.1 Å². The molecule has 0 atom stereocenters. The smallest absolute Gasteiger partial charge is 0.396 e. The molecule has 1 amide bonds. The van der Waals surface area contributed by atoms with Crippen molar-refractivity contribution in [1.29, 1.82) is 0 Å². The summed E-state index contributed by atoms with van der Waals surface area (Å²) in [6, 6.07) is 3.53. The third kappa shape index (κ3) is 3.69. The number of hydrogen-bond acceptors (Lipinski definition) is 4. The van der Waals surface area contributed by atoms with E-state index in [1.807, 2.05) is 0 Å². The number of rotatable bonds is 5. The van der Waals surface area contributed by atoms with Crippen LogP contribution in [0, 0.1) is 5.41 Å². The zero-order valence-electron chi connectivity index (χ0n) is 12.0. The van der Waals surface area contributed by atoms with E-state index in [0.29, 0.717) is 13.2 Å². The predicted molar refractivity (Wildman–Crippen MR) is 74.6 cm³/mol. The summed E-state index contributed by atoms with van der Waals surface area (Å²) in [6.45, 7) is 1.85. The van der Waals surface area contributed by atoms with Crippen LogP contribution in [0.15, 0.2) is 18.2 Å². The largest absolute Gasteiger partial charge is 0.418 e. The molecule has 22 heavy (non-hydrogen) atoms. The number of carbonyl (C=O) groups is 1. The third-order valence-corrected chi connectivity index (χ3v) is 3.45. The van der Waals surface area contributed by atoms with E-state index in [1.54, 1.807) is 0 Å². The monoisotopic (exact) mass is 318 g/mol. The molecule has 1 saturated heterocycles. The molecule has 0 spiro atoms. The summed E-state index contributed by atoms with van der Waals surface area (Å²) in [5.41, 5.74) is -1.43. The maximum atomic E-state index is 13.1. The van der Waals surface area contributed by atoms with E-state index >= 15 is 0 Å². The van der Waals surface area contributed by atoms with Gasteiger partial charge in [-0.2, -0.15) is 13.2 Å². The van der Waals surface area contributed by atoms with Gasteiger partial charge in [0.05, 0.1) is 30.8 Å². The maximum absolute atomic E-state index is 13.1. The number of aliphatic hydroxyl groups is 1. The van der Waals surface area contributed by atoms with Crippen molar-refractivity contribution in [3.05, 3.63) is 23.8 Å². The van der Waals surface area contributed by atoms with Crippen LogP contribution >= 0.6 is 0 Å². The summed E-state index contributed by atoms with van der Waals surface area (Å²) in [6.07, 6.45) is -4.56. The van der Waals surface area contributed by atoms with Gasteiger partial charge in [0.2, 0.25) is 5.91 Å². The molecule has 3 N–H and O–H groups in total. The lowest BCUT2D eigenvalue weighted by Gasteiger charge is -2.40. The summed E-state index contributed by atoms with van der Waals surface area (Å²) in [5.74, 6) is -0.445. The van der Waals surface area contributed by atoms with Gasteiger partial charge in [0, 0.05) is 24.8 Å². The molecule has 5 nitrogen and oxygen atoms in total. The lowest BCUT2D eigenvalue weighted by molar-refractivity contribution is -0.137. The molecule has 0 unspecified atom stereocenters. The summed E-state index contributed by atoms with van der Waals surface area (Å²) < 4.78 is 44.4. The number of halogens is 3. The van der Waals surface area contributed by atoms with Gasteiger partial charge < -0.3 is 20.5 Å². The molecule has 0 aromatic heterocycles. The molecule has 0 aliphatic carbocycles. The minimum absolute atomic E-state index is 0.0780. The third-order valence-electron chi connectivity index (χ3n) is 3.45. The Morgan fingerprint density at radius 1 is 1.41 bits per heavy atom. The fourth-order valence-electron chi connectivity index (χ4n) is 2.14. The van der Waals surface area contributed by atoms with Crippen molar-refractivity contribution in [2.24, 2.45) is 5.41 Å². The van der Waals surface area contributed by atoms with E-state index in [0.717, 1.165) is 6.07 Å². The molecule has 2 rings (SSSR count). The van der Waals surface area contributed by atoms with Crippen molar-refractivity contribution in [2.45, 2.75) is 13.1 Å². The first-order valence-corrected chi connectivity index (χ1v) is 6.67. The van der Waals surface area contributed by atoms with Crippen LogP contribution in [0.3, 0.4) is 0 Å². The normalized spacial score (nSPS) is 16.8. The summed E-state index contributed by atoms with van der Waals surface area (Å²) in [4.78, 5) is 11.0. The highest BCUT2D eigenvalue weighted by molar-refractivity contribution is 5.89. The number of ether oxygens (including phenoxy) is 1. The SMILES string of the molecule is CC(=O)Nc1ccc(NCC2(CO)COC2)c(C(F)(F)F)c1. The second kappa shape index (κ2) is 6.13. The lowest BCUT2D eigenvalue weighted by atomic mass is 9.87. The second-order valence-corrected chi connectivity index (χ2v) is 5.44. The van der Waals surface area contributed by atoms with Crippen molar-refractivity contribution in [3.8, 4) is 0 Å². The van der Waals surface area contributed by atoms with Crippen LogP contribution in [0.2, 0.25) is 0 Å². The Hall–Kier alpha value is -1.80. The van der Waals surface area contributed by atoms with Gasteiger partial charge in [0.1, 0.15) is 0 Å². The highest BCUT2D eigenvalue weighted by atomic mass is 19.4. The van der Waals surface area contributed by atoms with Crippen LogP contribution in [0.4, 0.5) is 24.5 Å². The Morgan fingerprint density at radius 2 is 2.09 bits per heavy atom. The second-order valence-electron chi connectivity index (χ2n) is 5.44. The number of hydrogen-bond donors (Lipinski definition) is 3. The van der Waals surface area contributed by atoms with Crippen molar-refractivity contribution in [3.63, 3.8) is 0 Å². The first-order chi connectivity index (χ1) is 10.3. The van der Waals surface area contributed by atoms with Crippen LogP contribution in [-0.4, -0.2) is 37.4 Å². The molecule has 1 aromatic carbocycles. The number of amides is 1. The van der Waals surface area contributed by atoms with Crippen LogP contribution in [0.25, 0.3) is 0 Å². The molecule has 0 saturated carbocycles. The molecule has 1 aliphatic rings. The quantitative estimate of drug-likeness (QED) is 0.777. The Balaban J connectivity index is 2.20. The van der Waals surface area contributed by atoms with E-state index in [4.69, 9.17) is 4.74 Å². The van der Waals surface area contributed by atoms with Gasteiger partial charge in [-0.25, -0.2) is 0 Å². The molecule has 122 valence electrons. The molecular formula is C14H17F3N2O3. The van der Waals surface area contributed by atoms with Crippen LogP contribution in [-0.2, 0) is 15.7 Å². The van der Waals surface area contributed by atoms with E-state index in [9.17, 15) is 23.1 Å². The Bertz CT molecular complexity index is 551. The maximum Gasteiger partial charge on any atom is 0.418 e. The van der Waals surface area contributed by atoms with Crippen molar-refractivity contribution in [2.75, 3.05) is 37.0 Å². The summed E-state index contributed by atoms with van der Waals surface area (Å²) in [7, 11) is 0. The summed E-state index contributed by atoms with van der Waals surface area (Å²) >= 11 is 0. The molecule has 1 aromatic rings. The van der Waals surface area contributed by atoms with E-state index in [-0.39, 0.29) is 24.5 Å². The number of nitrogens with one attached hydrogen (secondary N) is 2. The number of carbonyl (C=O) groups excluding carboxylic acids is 1. The van der Waals surface area contributed by atoms with E-state index in [2.05, 4.69) is 10.6 Å². The molecule has 8 heteroatoms. The molecule has 1 heterocycles. The topological polar surface area (TPSA) is 70.6 Å². The Labute approximate surface area is 125 Å². The van der Waals surface area contributed by atoms with Crippen LogP contribution in [0.1, 0.15) is 12.5 Å². The average molecular weight is 318 g/mol. The van der Waals surface area contributed by atoms with Gasteiger partial charge >= 0.3 is 6.18 Å². The summed E-state index contributed by atoms with van der Waals surface area (Å²) in [5, 5.41) is 14.3. The molecule has 1 fully saturated rings. The van der Waals surface area contributed by atoms with Gasteiger partial charge in [-0.15, -0.1) is 0 Å². The van der Waals surface area contributed by atoms with Gasteiger partial charge in [-0.3, -0.25) is 4.79 Å². The zero-order valence-corrected chi connectivity index (χ0v) is 12.0. The molecule has 0 bridgehead atoms. The molecular weight excluding hydrogens is 301 g/mol. The van der Waals surface area contributed by atoms with Crippen LogP contribution < -0.4 is 10.6 Å². The number of aliphatic hydroxyl groups excluding tert-OH is 1. The first-order valence-electron chi connectivity index (χ1n) is 6.67. The van der Waals surface area contributed by atoms with Crippen molar-refractivity contribution in [1.82, 2.24) is 0 Å². The lowest BCUT2D eigenvalue weighted by Crippen LogP contribution is -2.50. The number of alkyl halides is 3. The standard InChI is InChI=1S/C14H17F3N2O3/c1-9(21)19-10-2-3-12(11(4-10)14(15,16)17)18-5-13(6-20)7-22-8-13/h2-4,18,20H,5-8H2,1H3,(H,19,21). The van der Waals surface area contributed by atoms with E-state index in [1.165, 1.54) is 19.1 Å². The highest BCUT2D eigenvalue weighted by Gasteiger charge is 2.39. The Morgan fingerprint density at radius 3 is 2.55 bits per heavy atom. The average Bonchev–Trinajstić information content (AvgIpc) is 2.37. The minimum atomic E-state index is -4.56. The Kier molecular flexibility index (Phi) is 4.62. The fourth-order valence-corrected chi connectivity index (χ4v) is 2.14. The van der Waals surface area contributed by atoms with Gasteiger partial charge in [0.25, 0.3) is 0 Å². The van der Waals surface area contributed by atoms with Crippen LogP contribution in [0.5, 0.6) is 0 Å². The fraction of sp³-hybridized carbons (Fsp3) is 0.500. The number of anilines is 2. The van der Waals surface area contributed by atoms with Gasteiger partial charge in [0.15, 0.2) is 0 Å². The predicted octanol–water partition coefficient (Wildman–Crippen LogP) is 2.08. The molecule has 0 radical (unpaired) electrons. The first kappa shape index (κ1) is 16.6. The zero-order chi connectivity index (χ0) is 16.4.